The summed E-state index contributed by atoms with van der Waals surface area (Å²) < 4.78 is 42.6. The average molecular weight is 459 g/mol. The van der Waals surface area contributed by atoms with Crippen molar-refractivity contribution >= 4 is 11.7 Å². The highest BCUT2D eigenvalue weighted by molar-refractivity contribution is 5.99. The topological polar surface area (TPSA) is 59.0 Å². The Bertz CT molecular complexity index is 1010. The number of nitrogens with zero attached hydrogens (tertiary/aromatic N) is 2. The highest BCUT2D eigenvalue weighted by atomic mass is 19.4. The summed E-state index contributed by atoms with van der Waals surface area (Å²) in [5, 5.41) is 10.3. The van der Waals surface area contributed by atoms with E-state index in [-0.39, 0.29) is 29.1 Å². The van der Waals surface area contributed by atoms with Gasteiger partial charge in [-0.3, -0.25) is 4.79 Å². The second-order valence-electron chi connectivity index (χ2n) is 10.9. The van der Waals surface area contributed by atoms with Crippen LogP contribution < -0.4 is 10.6 Å². The van der Waals surface area contributed by atoms with Gasteiger partial charge in [-0.05, 0) is 67.3 Å². The Hall–Kier alpha value is -2.51. The fraction of sp³-hybridized carbons (Fsp3) is 0.600. The lowest BCUT2D eigenvalue weighted by atomic mass is 9.49. The number of amides is 1. The van der Waals surface area contributed by atoms with Gasteiger partial charge in [0.15, 0.2) is 6.04 Å². The van der Waals surface area contributed by atoms with Gasteiger partial charge < -0.3 is 10.6 Å². The third-order valence-electron chi connectivity index (χ3n) is 8.47. The van der Waals surface area contributed by atoms with E-state index in [1.807, 2.05) is 30.3 Å². The minimum Gasteiger partial charge on any atom is -0.363 e. The number of benzene rings is 1. The SMILES string of the molecule is O=C(NCC12CC3CC(CC(C3)C1)C2)c1cnn2c1N[C@H](c1ccccc1)C[C@@H]2C(F)(F)F. The molecule has 0 radical (unpaired) electrons. The van der Waals surface area contributed by atoms with E-state index in [2.05, 4.69) is 15.7 Å². The normalized spacial score (nSPS) is 34.6. The van der Waals surface area contributed by atoms with Crippen LogP contribution >= 0.6 is 0 Å². The van der Waals surface area contributed by atoms with Crippen LogP contribution in [0.3, 0.4) is 0 Å². The number of fused-ring (bicyclic) bond motifs is 1. The van der Waals surface area contributed by atoms with E-state index >= 15 is 0 Å². The molecule has 8 heteroatoms. The zero-order valence-corrected chi connectivity index (χ0v) is 18.4. The molecule has 0 spiro atoms. The van der Waals surface area contributed by atoms with Crippen molar-refractivity contribution in [1.82, 2.24) is 15.1 Å². The molecule has 4 aliphatic carbocycles. The molecule has 1 aromatic heterocycles. The lowest BCUT2D eigenvalue weighted by Crippen LogP contribution is -2.51. The number of halogens is 3. The summed E-state index contributed by atoms with van der Waals surface area (Å²) in [6.07, 6.45) is 4.12. The van der Waals surface area contributed by atoms with Gasteiger partial charge in [0, 0.05) is 13.0 Å². The van der Waals surface area contributed by atoms with Gasteiger partial charge in [-0.1, -0.05) is 30.3 Å². The number of carbonyl (C=O) groups is 1. The number of nitrogens with one attached hydrogen (secondary N) is 2. The van der Waals surface area contributed by atoms with Crippen LogP contribution in [0.15, 0.2) is 36.5 Å². The zero-order valence-electron chi connectivity index (χ0n) is 18.4. The van der Waals surface area contributed by atoms with Crippen molar-refractivity contribution in [3.8, 4) is 0 Å². The molecule has 1 aliphatic heterocycles. The van der Waals surface area contributed by atoms with Crippen LogP contribution in [0.2, 0.25) is 0 Å². The Kier molecular flexibility index (Phi) is 4.79. The molecular weight excluding hydrogens is 429 g/mol. The highest BCUT2D eigenvalue weighted by Gasteiger charge is 2.51. The predicted octanol–water partition coefficient (Wildman–Crippen LogP) is 5.49. The summed E-state index contributed by atoms with van der Waals surface area (Å²) in [6.45, 7) is 0.602. The van der Waals surface area contributed by atoms with Gasteiger partial charge in [0.25, 0.3) is 5.91 Å². The fourth-order valence-electron chi connectivity index (χ4n) is 7.50. The van der Waals surface area contributed by atoms with E-state index in [4.69, 9.17) is 0 Å². The number of carbonyl (C=O) groups excluding carboxylic acids is 1. The van der Waals surface area contributed by atoms with Crippen molar-refractivity contribution in [2.45, 2.75) is 63.2 Å². The quantitative estimate of drug-likeness (QED) is 0.637. The second-order valence-corrected chi connectivity index (χ2v) is 10.9. The number of hydrogen-bond acceptors (Lipinski definition) is 3. The van der Waals surface area contributed by atoms with E-state index in [1.54, 1.807) is 0 Å². The first-order chi connectivity index (χ1) is 15.8. The molecule has 2 N–H and O–H groups in total. The maximum Gasteiger partial charge on any atom is 0.410 e. The van der Waals surface area contributed by atoms with Crippen LogP contribution in [0, 0.1) is 23.2 Å². The molecule has 2 aromatic rings. The fourth-order valence-corrected chi connectivity index (χ4v) is 7.50. The molecule has 5 nitrogen and oxygen atoms in total. The van der Waals surface area contributed by atoms with E-state index in [9.17, 15) is 18.0 Å². The Morgan fingerprint density at radius 2 is 1.70 bits per heavy atom. The van der Waals surface area contributed by atoms with E-state index in [0.29, 0.717) is 6.54 Å². The van der Waals surface area contributed by atoms with Gasteiger partial charge in [0.1, 0.15) is 11.4 Å². The summed E-state index contributed by atoms with van der Waals surface area (Å²) in [6, 6.07) is 6.75. The van der Waals surface area contributed by atoms with Gasteiger partial charge in [-0.2, -0.15) is 18.3 Å². The molecule has 2 heterocycles. The lowest BCUT2D eigenvalue weighted by molar-refractivity contribution is -0.173. The molecule has 33 heavy (non-hydrogen) atoms. The van der Waals surface area contributed by atoms with Crippen molar-refractivity contribution < 1.29 is 18.0 Å². The van der Waals surface area contributed by atoms with Crippen LogP contribution in [0.5, 0.6) is 0 Å². The summed E-state index contributed by atoms with van der Waals surface area (Å²) >= 11 is 0. The molecule has 2 atom stereocenters. The summed E-state index contributed by atoms with van der Waals surface area (Å²) in [7, 11) is 0. The number of rotatable bonds is 4. The van der Waals surface area contributed by atoms with Crippen LogP contribution in [0.1, 0.15) is 73.0 Å². The van der Waals surface area contributed by atoms with Crippen molar-refractivity contribution in [1.29, 1.82) is 0 Å². The second kappa shape index (κ2) is 7.50. The first-order valence-electron chi connectivity index (χ1n) is 12.0. The highest BCUT2D eigenvalue weighted by Crippen LogP contribution is 2.59. The minimum atomic E-state index is -4.46. The maximum absolute atomic E-state index is 13.9. The van der Waals surface area contributed by atoms with Gasteiger partial charge in [-0.15, -0.1) is 0 Å². The van der Waals surface area contributed by atoms with Gasteiger partial charge in [0.05, 0.1) is 12.2 Å². The van der Waals surface area contributed by atoms with Crippen molar-refractivity contribution in [2.75, 3.05) is 11.9 Å². The molecule has 0 saturated heterocycles. The molecule has 7 rings (SSSR count). The Labute approximate surface area is 191 Å². The third kappa shape index (κ3) is 3.71. The largest absolute Gasteiger partial charge is 0.410 e. The molecule has 176 valence electrons. The van der Waals surface area contributed by atoms with Crippen molar-refractivity contribution in [2.24, 2.45) is 23.2 Å². The third-order valence-corrected chi connectivity index (χ3v) is 8.47. The molecule has 0 unspecified atom stereocenters. The number of anilines is 1. The monoisotopic (exact) mass is 458 g/mol. The number of aromatic nitrogens is 2. The molecule has 1 amide bonds. The Morgan fingerprint density at radius 1 is 1.06 bits per heavy atom. The van der Waals surface area contributed by atoms with Gasteiger partial charge >= 0.3 is 6.18 Å². The summed E-state index contributed by atoms with van der Waals surface area (Å²) in [4.78, 5) is 13.2. The molecule has 1 aromatic carbocycles. The van der Waals surface area contributed by atoms with E-state index < -0.39 is 18.3 Å². The van der Waals surface area contributed by atoms with Crippen molar-refractivity contribution in [3.63, 3.8) is 0 Å². The lowest BCUT2D eigenvalue weighted by Gasteiger charge is -2.56. The smallest absolute Gasteiger partial charge is 0.363 e. The van der Waals surface area contributed by atoms with Gasteiger partial charge in [0.2, 0.25) is 0 Å². The molecule has 4 saturated carbocycles. The average Bonchev–Trinajstić information content (AvgIpc) is 3.20. The molecule has 4 bridgehead atoms. The van der Waals surface area contributed by atoms with Crippen LogP contribution in [-0.2, 0) is 0 Å². The first-order valence-corrected chi connectivity index (χ1v) is 12.0. The standard InChI is InChI=1S/C25H29F3N4O/c26-25(27,28)21-9-20(18-4-2-1-3-5-18)31-22-19(13-30-32(21)22)23(33)29-14-24-10-15-6-16(11-24)8-17(7-15)12-24/h1-5,13,15-17,20-21,31H,6-12,14H2,(H,29,33)/t15?,16?,17?,20-,21+,24?/m0/s1. The predicted molar refractivity (Wildman–Crippen MR) is 118 cm³/mol. The summed E-state index contributed by atoms with van der Waals surface area (Å²) in [5.74, 6) is 2.14. The van der Waals surface area contributed by atoms with Crippen LogP contribution in [0.4, 0.5) is 19.0 Å². The molecule has 4 fully saturated rings. The molecular formula is C25H29F3N4O. The maximum atomic E-state index is 13.9. The Morgan fingerprint density at radius 3 is 2.30 bits per heavy atom. The van der Waals surface area contributed by atoms with E-state index in [1.165, 1.54) is 25.5 Å². The summed E-state index contributed by atoms with van der Waals surface area (Å²) in [5.41, 5.74) is 1.11. The van der Waals surface area contributed by atoms with Crippen molar-refractivity contribution in [3.05, 3.63) is 47.7 Å². The van der Waals surface area contributed by atoms with Crippen LogP contribution in [-0.4, -0.2) is 28.4 Å². The van der Waals surface area contributed by atoms with Gasteiger partial charge in [-0.25, -0.2) is 4.68 Å². The number of hydrogen-bond donors (Lipinski definition) is 2. The molecule has 5 aliphatic rings. The zero-order chi connectivity index (χ0) is 22.8. The first kappa shape index (κ1) is 21.1. The Balaban J connectivity index is 1.24. The van der Waals surface area contributed by atoms with Crippen LogP contribution in [0.25, 0.3) is 0 Å². The van der Waals surface area contributed by atoms with E-state index in [0.717, 1.165) is 47.3 Å². The minimum absolute atomic E-state index is 0.153. The number of alkyl halides is 3.